The third-order valence-electron chi connectivity index (χ3n) is 5.37. The van der Waals surface area contributed by atoms with Gasteiger partial charge < -0.3 is 15.0 Å². The lowest BCUT2D eigenvalue weighted by molar-refractivity contribution is -0.123. The minimum Gasteiger partial charge on any atom is -0.483 e. The molecule has 6 nitrogen and oxygen atoms in total. The van der Waals surface area contributed by atoms with Gasteiger partial charge in [0.05, 0.1) is 5.56 Å². The van der Waals surface area contributed by atoms with Crippen LogP contribution in [0.15, 0.2) is 48.5 Å². The molecule has 2 aromatic rings. The van der Waals surface area contributed by atoms with Crippen molar-refractivity contribution in [3.05, 3.63) is 59.7 Å². The molecule has 0 atom stereocenters. The fourth-order valence-electron chi connectivity index (χ4n) is 3.65. The maximum atomic E-state index is 11.9. The van der Waals surface area contributed by atoms with Crippen molar-refractivity contribution < 1.29 is 14.3 Å². The summed E-state index contributed by atoms with van der Waals surface area (Å²) in [5, 5.41) is 2.88. The average Bonchev–Trinajstić information content (AvgIpc) is 2.78. The van der Waals surface area contributed by atoms with E-state index in [0.717, 1.165) is 51.9 Å². The van der Waals surface area contributed by atoms with Crippen LogP contribution in [0.2, 0.25) is 0 Å². The number of amides is 1. The van der Waals surface area contributed by atoms with Crippen LogP contribution >= 0.6 is 0 Å². The van der Waals surface area contributed by atoms with Crippen LogP contribution < -0.4 is 15.0 Å². The van der Waals surface area contributed by atoms with Crippen LogP contribution in [-0.4, -0.2) is 63.0 Å². The number of nitrogens with zero attached hydrogens (tertiary/aromatic N) is 2. The minimum atomic E-state index is -0.164. The van der Waals surface area contributed by atoms with Crippen molar-refractivity contribution in [2.24, 2.45) is 0 Å². The number of aryl methyl sites for hydroxylation is 1. The summed E-state index contributed by atoms with van der Waals surface area (Å²) in [6.07, 6.45) is 2.72. The monoisotopic (exact) mass is 409 g/mol. The van der Waals surface area contributed by atoms with Gasteiger partial charge in [0.25, 0.3) is 5.91 Å². The first-order valence-corrected chi connectivity index (χ1v) is 10.6. The molecular weight excluding hydrogens is 378 g/mol. The summed E-state index contributed by atoms with van der Waals surface area (Å²) >= 11 is 0. The maximum absolute atomic E-state index is 11.9. The quantitative estimate of drug-likeness (QED) is 0.483. The minimum absolute atomic E-state index is 0.0776. The molecule has 30 heavy (non-hydrogen) atoms. The normalized spacial score (nSPS) is 14.4. The molecule has 1 aliphatic rings. The molecule has 1 fully saturated rings. The summed E-state index contributed by atoms with van der Waals surface area (Å²) in [6.45, 7) is 8.01. The van der Waals surface area contributed by atoms with Crippen LogP contribution in [0.1, 0.15) is 28.8 Å². The van der Waals surface area contributed by atoms with Gasteiger partial charge in [0, 0.05) is 38.4 Å². The Hall–Kier alpha value is -2.86. The van der Waals surface area contributed by atoms with Gasteiger partial charge in [-0.05, 0) is 56.1 Å². The first-order chi connectivity index (χ1) is 14.7. The Labute approximate surface area is 178 Å². The van der Waals surface area contributed by atoms with Gasteiger partial charge in [-0.25, -0.2) is 0 Å². The summed E-state index contributed by atoms with van der Waals surface area (Å²) in [5.41, 5.74) is 3.07. The number of ether oxygens (including phenoxy) is 1. The van der Waals surface area contributed by atoms with Crippen LogP contribution in [0.25, 0.3) is 0 Å². The molecule has 3 rings (SSSR count). The Morgan fingerprint density at radius 2 is 1.87 bits per heavy atom. The number of unbranched alkanes of at least 4 members (excludes halogenated alkanes) is 1. The Bertz CT molecular complexity index is 832. The molecule has 0 spiro atoms. The van der Waals surface area contributed by atoms with E-state index in [-0.39, 0.29) is 12.5 Å². The molecule has 1 saturated heterocycles. The summed E-state index contributed by atoms with van der Waals surface area (Å²) in [6, 6.07) is 15.6. The van der Waals surface area contributed by atoms with Crippen LogP contribution in [0.5, 0.6) is 5.75 Å². The molecule has 0 saturated carbocycles. The lowest BCUT2D eigenvalue weighted by atomic mass is 10.2. The molecule has 1 heterocycles. The van der Waals surface area contributed by atoms with E-state index in [1.807, 2.05) is 0 Å². The zero-order valence-corrected chi connectivity index (χ0v) is 17.7. The van der Waals surface area contributed by atoms with Gasteiger partial charge in [0.15, 0.2) is 12.9 Å². The first kappa shape index (κ1) is 21.8. The highest BCUT2D eigenvalue weighted by molar-refractivity contribution is 5.80. The van der Waals surface area contributed by atoms with Crippen molar-refractivity contribution in [3.63, 3.8) is 0 Å². The zero-order chi connectivity index (χ0) is 21.2. The van der Waals surface area contributed by atoms with Gasteiger partial charge in [0.2, 0.25) is 0 Å². The number of nitrogens with one attached hydrogen (secondary N) is 1. The number of anilines is 1. The molecule has 0 bridgehead atoms. The zero-order valence-electron chi connectivity index (χ0n) is 17.7. The summed E-state index contributed by atoms with van der Waals surface area (Å²) in [4.78, 5) is 27.8. The molecule has 0 radical (unpaired) electrons. The molecule has 2 aromatic carbocycles. The standard InChI is InChI=1S/C24H31N3O3/c1-20-7-6-9-22(17-20)27-15-13-26(14-16-27)12-5-4-11-25-24(29)19-30-23-10-3-2-8-21(23)18-28/h2-3,6-10,17-18H,4-5,11-16,19H2,1H3,(H,25,29). The first-order valence-electron chi connectivity index (χ1n) is 10.6. The Kier molecular flexibility index (Phi) is 8.27. The van der Waals surface area contributed by atoms with Gasteiger partial charge in [-0.15, -0.1) is 0 Å². The van der Waals surface area contributed by atoms with Crippen LogP contribution in [0.3, 0.4) is 0 Å². The van der Waals surface area contributed by atoms with Gasteiger partial charge >= 0.3 is 0 Å². The maximum Gasteiger partial charge on any atom is 0.257 e. The lowest BCUT2D eigenvalue weighted by Crippen LogP contribution is -2.46. The summed E-state index contributed by atoms with van der Waals surface area (Å²) in [5.74, 6) is 0.273. The fourth-order valence-corrected chi connectivity index (χ4v) is 3.65. The number of carbonyl (C=O) groups excluding carboxylic acids is 2. The topological polar surface area (TPSA) is 61.9 Å². The molecule has 1 N–H and O–H groups in total. The van der Waals surface area contributed by atoms with E-state index < -0.39 is 0 Å². The summed E-state index contributed by atoms with van der Waals surface area (Å²) < 4.78 is 5.44. The number of benzene rings is 2. The third-order valence-corrected chi connectivity index (χ3v) is 5.37. The molecule has 6 heteroatoms. The van der Waals surface area contributed by atoms with Crippen molar-refractivity contribution in [1.29, 1.82) is 0 Å². The second kappa shape index (κ2) is 11.4. The van der Waals surface area contributed by atoms with E-state index in [0.29, 0.717) is 17.9 Å². The summed E-state index contributed by atoms with van der Waals surface area (Å²) in [7, 11) is 0. The van der Waals surface area contributed by atoms with Crippen molar-refractivity contribution >= 4 is 17.9 Å². The molecule has 1 aliphatic heterocycles. The number of para-hydroxylation sites is 1. The van der Waals surface area contributed by atoms with Gasteiger partial charge in [0.1, 0.15) is 5.75 Å². The molecule has 160 valence electrons. The van der Waals surface area contributed by atoms with Crippen LogP contribution in [0, 0.1) is 6.92 Å². The van der Waals surface area contributed by atoms with E-state index in [9.17, 15) is 9.59 Å². The van der Waals surface area contributed by atoms with Crippen molar-refractivity contribution in [2.75, 3.05) is 50.8 Å². The molecular formula is C24H31N3O3. The number of aldehydes is 1. The second-order valence-electron chi connectivity index (χ2n) is 7.67. The third kappa shape index (κ3) is 6.59. The van der Waals surface area contributed by atoms with Crippen molar-refractivity contribution in [2.45, 2.75) is 19.8 Å². The molecule has 1 amide bonds. The molecule has 0 aliphatic carbocycles. The number of carbonyl (C=O) groups is 2. The van der Waals surface area contributed by atoms with E-state index in [1.54, 1.807) is 24.3 Å². The van der Waals surface area contributed by atoms with Crippen molar-refractivity contribution in [3.8, 4) is 5.75 Å². The van der Waals surface area contributed by atoms with Crippen LogP contribution in [0.4, 0.5) is 5.69 Å². The van der Waals surface area contributed by atoms with Gasteiger partial charge in [-0.3, -0.25) is 14.5 Å². The molecule has 0 aromatic heterocycles. The average molecular weight is 410 g/mol. The predicted molar refractivity (Wildman–Crippen MR) is 119 cm³/mol. The smallest absolute Gasteiger partial charge is 0.257 e. The largest absolute Gasteiger partial charge is 0.483 e. The van der Waals surface area contributed by atoms with Crippen molar-refractivity contribution in [1.82, 2.24) is 10.2 Å². The number of piperazine rings is 1. The van der Waals surface area contributed by atoms with Gasteiger partial charge in [-0.2, -0.15) is 0 Å². The predicted octanol–water partition coefficient (Wildman–Crippen LogP) is 2.90. The fraction of sp³-hybridized carbons (Fsp3) is 0.417. The van der Waals surface area contributed by atoms with E-state index >= 15 is 0 Å². The Balaban J connectivity index is 1.26. The SMILES string of the molecule is Cc1cccc(N2CCN(CCCCNC(=O)COc3ccccc3C=O)CC2)c1. The van der Waals surface area contributed by atoms with E-state index in [2.05, 4.69) is 46.3 Å². The van der Waals surface area contributed by atoms with Gasteiger partial charge in [-0.1, -0.05) is 24.3 Å². The van der Waals surface area contributed by atoms with E-state index in [1.165, 1.54) is 11.3 Å². The number of hydrogen-bond acceptors (Lipinski definition) is 5. The highest BCUT2D eigenvalue weighted by Crippen LogP contribution is 2.18. The number of hydrogen-bond donors (Lipinski definition) is 1. The van der Waals surface area contributed by atoms with E-state index in [4.69, 9.17) is 4.74 Å². The Morgan fingerprint density at radius 1 is 1.07 bits per heavy atom. The number of rotatable bonds is 10. The Morgan fingerprint density at radius 3 is 2.63 bits per heavy atom. The lowest BCUT2D eigenvalue weighted by Gasteiger charge is -2.36. The second-order valence-corrected chi connectivity index (χ2v) is 7.67. The highest BCUT2D eigenvalue weighted by atomic mass is 16.5. The van der Waals surface area contributed by atoms with Crippen LogP contribution in [-0.2, 0) is 4.79 Å². The molecule has 0 unspecified atom stereocenters. The highest BCUT2D eigenvalue weighted by Gasteiger charge is 2.16.